The van der Waals surface area contributed by atoms with Gasteiger partial charge in [0.25, 0.3) is 0 Å². The molecule has 1 aromatic carbocycles. The van der Waals surface area contributed by atoms with Crippen LogP contribution in [0.15, 0.2) is 36.5 Å². The molecule has 16 heavy (non-hydrogen) atoms. The Hall–Kier alpha value is -1.30. The number of hydrogen-bond donors (Lipinski definition) is 1. The first-order valence-electron chi connectivity index (χ1n) is 4.82. The second-order valence-corrected chi connectivity index (χ2v) is 4.54. The number of nitrogen functional groups attached to an aromatic ring is 1. The van der Waals surface area contributed by atoms with Gasteiger partial charge in [-0.2, -0.15) is 0 Å². The zero-order valence-corrected chi connectivity index (χ0v) is 10.9. The normalized spacial score (nSPS) is 10.1. The Labute approximate surface area is 108 Å². The molecule has 3 nitrogen and oxygen atoms in total. The van der Waals surface area contributed by atoms with Crippen molar-refractivity contribution in [2.45, 2.75) is 6.92 Å². The fraction of sp³-hybridized carbons (Fsp3) is 0.0833. The molecule has 1 aromatic heterocycles. The number of rotatable bonds is 2. The van der Waals surface area contributed by atoms with Crippen molar-refractivity contribution in [2.75, 3.05) is 5.73 Å². The Morgan fingerprint density at radius 3 is 2.75 bits per heavy atom. The molecular formula is C12H11IN2O. The van der Waals surface area contributed by atoms with Crippen LogP contribution in [-0.4, -0.2) is 4.98 Å². The largest absolute Gasteiger partial charge is 0.436 e. The first-order valence-corrected chi connectivity index (χ1v) is 5.90. The third-order valence-corrected chi connectivity index (χ3v) is 3.11. The number of aryl methyl sites for hydroxylation is 1. The lowest BCUT2D eigenvalue weighted by atomic mass is 10.2. The van der Waals surface area contributed by atoms with Crippen LogP contribution in [0.25, 0.3) is 0 Å². The molecule has 0 saturated carbocycles. The lowest BCUT2D eigenvalue weighted by Crippen LogP contribution is -1.97. The van der Waals surface area contributed by atoms with Gasteiger partial charge in [-0.3, -0.25) is 0 Å². The molecule has 0 fully saturated rings. The van der Waals surface area contributed by atoms with Crippen LogP contribution < -0.4 is 10.5 Å². The van der Waals surface area contributed by atoms with E-state index in [0.717, 1.165) is 14.9 Å². The lowest BCUT2D eigenvalue weighted by Gasteiger charge is -2.09. The Morgan fingerprint density at radius 2 is 2.00 bits per heavy atom. The molecule has 0 radical (unpaired) electrons. The van der Waals surface area contributed by atoms with Gasteiger partial charge in [0.1, 0.15) is 5.75 Å². The zero-order valence-electron chi connectivity index (χ0n) is 8.77. The average molecular weight is 326 g/mol. The maximum atomic E-state index is 5.89. The van der Waals surface area contributed by atoms with Gasteiger partial charge in [0, 0.05) is 6.20 Å². The van der Waals surface area contributed by atoms with Crippen molar-refractivity contribution in [1.29, 1.82) is 0 Å². The smallest absolute Gasteiger partial charge is 0.242 e. The predicted octanol–water partition coefficient (Wildman–Crippen LogP) is 3.37. The molecule has 2 aromatic rings. The monoisotopic (exact) mass is 326 g/mol. The van der Waals surface area contributed by atoms with Crippen molar-refractivity contribution in [2.24, 2.45) is 0 Å². The number of nitrogens with zero attached hydrogens (tertiary/aromatic N) is 1. The highest BCUT2D eigenvalue weighted by Crippen LogP contribution is 2.29. The highest BCUT2D eigenvalue weighted by molar-refractivity contribution is 14.1. The molecule has 0 atom stereocenters. The van der Waals surface area contributed by atoms with Gasteiger partial charge in [-0.05, 0) is 53.3 Å². The summed E-state index contributed by atoms with van der Waals surface area (Å²) in [5, 5.41) is 0. The number of anilines is 1. The van der Waals surface area contributed by atoms with Crippen LogP contribution in [0.4, 0.5) is 5.69 Å². The lowest BCUT2D eigenvalue weighted by molar-refractivity contribution is 0.462. The average Bonchev–Trinajstić information content (AvgIpc) is 2.28. The zero-order chi connectivity index (χ0) is 11.5. The number of aromatic nitrogens is 1. The van der Waals surface area contributed by atoms with Gasteiger partial charge in [-0.25, -0.2) is 4.98 Å². The molecule has 0 aliphatic heterocycles. The van der Waals surface area contributed by atoms with E-state index in [1.54, 1.807) is 6.20 Å². The summed E-state index contributed by atoms with van der Waals surface area (Å²) in [6.45, 7) is 1.93. The summed E-state index contributed by atoms with van der Waals surface area (Å²) in [4.78, 5) is 4.12. The highest BCUT2D eigenvalue weighted by atomic mass is 127. The second kappa shape index (κ2) is 4.69. The van der Waals surface area contributed by atoms with E-state index in [0.29, 0.717) is 11.6 Å². The van der Waals surface area contributed by atoms with Crippen molar-refractivity contribution in [1.82, 2.24) is 4.98 Å². The quantitative estimate of drug-likeness (QED) is 0.861. The summed E-state index contributed by atoms with van der Waals surface area (Å²) in [5.74, 6) is 1.23. The van der Waals surface area contributed by atoms with E-state index in [1.165, 1.54) is 0 Å². The first-order chi connectivity index (χ1) is 7.68. The van der Waals surface area contributed by atoms with Crippen LogP contribution in [0, 0.1) is 10.5 Å². The van der Waals surface area contributed by atoms with E-state index in [4.69, 9.17) is 10.5 Å². The van der Waals surface area contributed by atoms with Crippen molar-refractivity contribution >= 4 is 28.3 Å². The van der Waals surface area contributed by atoms with Gasteiger partial charge in [-0.15, -0.1) is 0 Å². The van der Waals surface area contributed by atoms with Gasteiger partial charge in [-0.1, -0.05) is 12.1 Å². The number of nitrogens with two attached hydrogens (primary N) is 1. The summed E-state index contributed by atoms with van der Waals surface area (Å²) < 4.78 is 6.71. The third kappa shape index (κ3) is 2.27. The number of halogens is 1. The minimum absolute atomic E-state index is 0.462. The van der Waals surface area contributed by atoms with Crippen molar-refractivity contribution in [3.8, 4) is 11.6 Å². The molecule has 2 rings (SSSR count). The van der Waals surface area contributed by atoms with E-state index >= 15 is 0 Å². The molecule has 0 amide bonds. The summed E-state index contributed by atoms with van der Waals surface area (Å²) in [7, 11) is 0. The van der Waals surface area contributed by atoms with Crippen LogP contribution in [0.5, 0.6) is 11.6 Å². The van der Waals surface area contributed by atoms with Gasteiger partial charge in [0.2, 0.25) is 5.88 Å². The minimum Gasteiger partial charge on any atom is -0.436 e. The molecule has 1 heterocycles. The molecule has 2 N–H and O–H groups in total. The van der Waals surface area contributed by atoms with E-state index in [2.05, 4.69) is 27.6 Å². The second-order valence-electron chi connectivity index (χ2n) is 3.38. The Bertz CT molecular complexity index is 514. The van der Waals surface area contributed by atoms with Crippen molar-refractivity contribution in [3.05, 3.63) is 45.7 Å². The molecule has 0 spiro atoms. The van der Waals surface area contributed by atoms with Gasteiger partial charge < -0.3 is 10.5 Å². The number of hydrogen-bond acceptors (Lipinski definition) is 3. The van der Waals surface area contributed by atoms with Crippen LogP contribution in [0.1, 0.15) is 5.56 Å². The molecule has 0 unspecified atom stereocenters. The fourth-order valence-corrected chi connectivity index (χ4v) is 1.76. The maximum absolute atomic E-state index is 5.89. The van der Waals surface area contributed by atoms with E-state index in [9.17, 15) is 0 Å². The van der Waals surface area contributed by atoms with Gasteiger partial charge in [0.15, 0.2) is 0 Å². The maximum Gasteiger partial charge on any atom is 0.242 e. The summed E-state index contributed by atoms with van der Waals surface area (Å²) in [6.07, 6.45) is 1.69. The third-order valence-electron chi connectivity index (χ3n) is 2.21. The molecule has 0 aliphatic rings. The highest BCUT2D eigenvalue weighted by Gasteiger charge is 2.07. The molecule has 0 saturated heterocycles. The number of benzene rings is 1. The van der Waals surface area contributed by atoms with Crippen LogP contribution in [0.2, 0.25) is 0 Å². The Balaban J connectivity index is 2.35. The topological polar surface area (TPSA) is 48.1 Å². The minimum atomic E-state index is 0.462. The SMILES string of the molecule is Cc1ccnc(Oc2ccccc2I)c1N. The number of para-hydroxylation sites is 1. The van der Waals surface area contributed by atoms with E-state index < -0.39 is 0 Å². The van der Waals surface area contributed by atoms with Crippen LogP contribution in [-0.2, 0) is 0 Å². The summed E-state index contributed by atoms with van der Waals surface area (Å²) in [5.41, 5.74) is 7.44. The Kier molecular flexibility index (Phi) is 3.28. The Morgan fingerprint density at radius 1 is 1.25 bits per heavy atom. The number of pyridine rings is 1. The first kappa shape index (κ1) is 11.2. The predicted molar refractivity (Wildman–Crippen MR) is 72.6 cm³/mol. The number of ether oxygens (including phenoxy) is 1. The molecule has 0 bridgehead atoms. The standard InChI is InChI=1S/C12H11IN2O/c1-8-6-7-15-12(11(8)14)16-10-5-3-2-4-9(10)13/h2-7H,14H2,1H3. The van der Waals surface area contributed by atoms with Crippen LogP contribution >= 0.6 is 22.6 Å². The summed E-state index contributed by atoms with van der Waals surface area (Å²) >= 11 is 2.21. The van der Waals surface area contributed by atoms with E-state index in [-0.39, 0.29) is 0 Å². The summed E-state index contributed by atoms with van der Waals surface area (Å²) in [6, 6.07) is 9.61. The van der Waals surface area contributed by atoms with E-state index in [1.807, 2.05) is 37.3 Å². The van der Waals surface area contributed by atoms with Crippen molar-refractivity contribution in [3.63, 3.8) is 0 Å². The molecule has 4 heteroatoms. The van der Waals surface area contributed by atoms with Crippen LogP contribution in [0.3, 0.4) is 0 Å². The van der Waals surface area contributed by atoms with Gasteiger partial charge >= 0.3 is 0 Å². The molecule has 82 valence electrons. The molecular weight excluding hydrogens is 315 g/mol. The van der Waals surface area contributed by atoms with Gasteiger partial charge in [0.05, 0.1) is 9.26 Å². The fourth-order valence-electron chi connectivity index (χ4n) is 1.26. The molecule has 0 aliphatic carbocycles. The van der Waals surface area contributed by atoms with Crippen molar-refractivity contribution < 1.29 is 4.74 Å².